The van der Waals surface area contributed by atoms with E-state index in [-0.39, 0.29) is 18.6 Å². The third-order valence-electron chi connectivity index (χ3n) is 3.26. The molecule has 2 atom stereocenters. The first-order valence-electron chi connectivity index (χ1n) is 7.57. The summed E-state index contributed by atoms with van der Waals surface area (Å²) in [6.07, 6.45) is 2.02. The first-order chi connectivity index (χ1) is 11.3. The van der Waals surface area contributed by atoms with Gasteiger partial charge in [-0.2, -0.15) is 0 Å². The van der Waals surface area contributed by atoms with Crippen molar-refractivity contribution >= 4 is 19.0 Å². The Morgan fingerprint density at radius 3 is 2.62 bits per heavy atom. The molecule has 1 rings (SSSR count). The Morgan fingerprint density at radius 1 is 1.38 bits per heavy atom. The molecule has 0 aliphatic rings. The fourth-order valence-electron chi connectivity index (χ4n) is 2.05. The Kier molecular flexibility index (Phi) is 8.01. The molecule has 0 fully saturated rings. The highest BCUT2D eigenvalue weighted by Crippen LogP contribution is 2.16. The third kappa shape index (κ3) is 6.85. The number of hydrogen-bond donors (Lipinski definition) is 4. The van der Waals surface area contributed by atoms with Crippen LogP contribution in [0.1, 0.15) is 25.8 Å². The molecule has 130 valence electrons. The van der Waals surface area contributed by atoms with Gasteiger partial charge in [-0.05, 0) is 19.9 Å². The molecule has 8 heteroatoms. The molecule has 2 unspecified atom stereocenters. The molecule has 0 spiro atoms. The maximum Gasteiger partial charge on any atom is 0.478 e. The lowest BCUT2D eigenvalue weighted by molar-refractivity contribution is -0.138. The van der Waals surface area contributed by atoms with Crippen molar-refractivity contribution in [3.63, 3.8) is 0 Å². The van der Waals surface area contributed by atoms with E-state index >= 15 is 0 Å². The minimum Gasteiger partial charge on any atom is -0.508 e. The lowest BCUT2D eigenvalue weighted by Gasteiger charge is -2.20. The van der Waals surface area contributed by atoms with E-state index in [0.717, 1.165) is 0 Å². The van der Waals surface area contributed by atoms with Crippen molar-refractivity contribution in [1.29, 1.82) is 0 Å². The second-order valence-electron chi connectivity index (χ2n) is 5.35. The van der Waals surface area contributed by atoms with Crippen molar-refractivity contribution in [1.82, 2.24) is 5.32 Å². The number of benzene rings is 1. The Labute approximate surface area is 141 Å². The standard InChI is InChI=1S/C16H22BNO6/c1-3-6-13(10-16(21)22)24-17(23)11(2)18-15(20)9-12-7-4-5-8-14(12)19/h3-8,11,13,19,23H,9-10H2,1-2H3,(H,18,20)(H,21,22). The van der Waals surface area contributed by atoms with Crippen LogP contribution < -0.4 is 5.32 Å². The minimum absolute atomic E-state index is 0.0201. The van der Waals surface area contributed by atoms with Crippen LogP contribution in [0.2, 0.25) is 0 Å². The van der Waals surface area contributed by atoms with Crippen LogP contribution in [0.5, 0.6) is 5.75 Å². The molecule has 0 saturated heterocycles. The Balaban J connectivity index is 2.55. The summed E-state index contributed by atoms with van der Waals surface area (Å²) in [5.74, 6) is -2.18. The van der Waals surface area contributed by atoms with Gasteiger partial charge in [-0.15, -0.1) is 0 Å². The number of allylic oxidation sites excluding steroid dienone is 1. The Hall–Kier alpha value is -2.32. The highest BCUT2D eigenvalue weighted by atomic mass is 16.5. The quantitative estimate of drug-likeness (QED) is 0.393. The van der Waals surface area contributed by atoms with Crippen LogP contribution in [-0.2, 0) is 20.7 Å². The number of phenolic OH excluding ortho intramolecular Hbond substituents is 1. The molecule has 0 saturated carbocycles. The lowest BCUT2D eigenvalue weighted by Crippen LogP contribution is -2.47. The highest BCUT2D eigenvalue weighted by molar-refractivity contribution is 6.45. The van der Waals surface area contributed by atoms with Gasteiger partial charge in [-0.25, -0.2) is 0 Å². The van der Waals surface area contributed by atoms with Crippen molar-refractivity contribution in [3.05, 3.63) is 42.0 Å². The van der Waals surface area contributed by atoms with Crippen molar-refractivity contribution < 1.29 is 29.5 Å². The van der Waals surface area contributed by atoms with Crippen molar-refractivity contribution in [2.45, 2.75) is 38.7 Å². The van der Waals surface area contributed by atoms with E-state index < -0.39 is 31.0 Å². The second-order valence-corrected chi connectivity index (χ2v) is 5.35. The zero-order valence-electron chi connectivity index (χ0n) is 13.7. The number of amides is 1. The summed E-state index contributed by atoms with van der Waals surface area (Å²) in [5.41, 5.74) is 0.468. The van der Waals surface area contributed by atoms with Gasteiger partial charge in [-0.3, -0.25) is 9.59 Å². The molecule has 0 aromatic heterocycles. The fraction of sp³-hybridized carbons (Fsp3) is 0.375. The third-order valence-corrected chi connectivity index (χ3v) is 3.26. The van der Waals surface area contributed by atoms with Crippen LogP contribution >= 0.6 is 0 Å². The average molecular weight is 335 g/mol. The summed E-state index contributed by atoms with van der Waals surface area (Å²) in [7, 11) is -1.36. The largest absolute Gasteiger partial charge is 0.508 e. The van der Waals surface area contributed by atoms with E-state index in [1.807, 2.05) is 0 Å². The normalized spacial score (nSPS) is 13.5. The molecule has 0 radical (unpaired) electrons. The molecule has 1 amide bonds. The second kappa shape index (κ2) is 9.74. The summed E-state index contributed by atoms with van der Waals surface area (Å²) in [6.45, 7) is 3.25. The monoisotopic (exact) mass is 335 g/mol. The molecule has 4 N–H and O–H groups in total. The number of para-hydroxylation sites is 1. The van der Waals surface area contributed by atoms with E-state index in [1.54, 1.807) is 38.1 Å². The molecule has 0 bridgehead atoms. The Morgan fingerprint density at radius 2 is 2.04 bits per heavy atom. The topological polar surface area (TPSA) is 116 Å². The zero-order chi connectivity index (χ0) is 18.1. The number of carboxylic acid groups (broad SMARTS) is 1. The highest BCUT2D eigenvalue weighted by Gasteiger charge is 2.28. The molecule has 0 aliphatic heterocycles. The Bertz CT molecular complexity index is 592. The van der Waals surface area contributed by atoms with E-state index in [9.17, 15) is 19.7 Å². The number of rotatable bonds is 9. The van der Waals surface area contributed by atoms with Gasteiger partial charge < -0.3 is 25.2 Å². The van der Waals surface area contributed by atoms with E-state index in [4.69, 9.17) is 9.76 Å². The predicted octanol–water partition coefficient (Wildman–Crippen LogP) is 0.895. The number of phenols is 1. The minimum atomic E-state index is -1.36. The SMILES string of the molecule is CC=CC(CC(=O)O)OB(O)C(C)NC(=O)Cc1ccccc1O. The van der Waals surface area contributed by atoms with Crippen molar-refractivity contribution in [3.8, 4) is 5.75 Å². The van der Waals surface area contributed by atoms with Gasteiger partial charge in [0.05, 0.1) is 24.9 Å². The molecule has 0 aliphatic carbocycles. The van der Waals surface area contributed by atoms with Gasteiger partial charge >= 0.3 is 13.1 Å². The molecule has 0 heterocycles. The van der Waals surface area contributed by atoms with Crippen LogP contribution in [0.25, 0.3) is 0 Å². The number of aromatic hydroxyl groups is 1. The molecule has 24 heavy (non-hydrogen) atoms. The predicted molar refractivity (Wildman–Crippen MR) is 89.3 cm³/mol. The molecule has 1 aromatic rings. The molecule has 7 nitrogen and oxygen atoms in total. The summed E-state index contributed by atoms with van der Waals surface area (Å²) in [6, 6.07) is 6.47. The zero-order valence-corrected chi connectivity index (χ0v) is 13.7. The van der Waals surface area contributed by atoms with E-state index in [0.29, 0.717) is 5.56 Å². The van der Waals surface area contributed by atoms with Gasteiger partial charge in [0.2, 0.25) is 5.91 Å². The van der Waals surface area contributed by atoms with Gasteiger partial charge in [-0.1, -0.05) is 30.4 Å². The van der Waals surface area contributed by atoms with E-state index in [1.165, 1.54) is 12.1 Å². The maximum absolute atomic E-state index is 12.0. The fourth-order valence-corrected chi connectivity index (χ4v) is 2.05. The van der Waals surface area contributed by atoms with Crippen molar-refractivity contribution in [2.75, 3.05) is 0 Å². The summed E-state index contributed by atoms with van der Waals surface area (Å²) in [5, 5.41) is 31.0. The number of hydrogen-bond acceptors (Lipinski definition) is 5. The maximum atomic E-state index is 12.0. The van der Waals surface area contributed by atoms with Crippen LogP contribution in [0, 0.1) is 0 Å². The first kappa shape index (κ1) is 19.7. The van der Waals surface area contributed by atoms with Crippen LogP contribution in [0.15, 0.2) is 36.4 Å². The smallest absolute Gasteiger partial charge is 0.478 e. The average Bonchev–Trinajstić information content (AvgIpc) is 2.49. The molecule has 1 aromatic carbocycles. The van der Waals surface area contributed by atoms with Crippen LogP contribution in [0.3, 0.4) is 0 Å². The molecular formula is C16H22BNO6. The van der Waals surface area contributed by atoms with Gasteiger partial charge in [0, 0.05) is 5.56 Å². The summed E-state index contributed by atoms with van der Waals surface area (Å²) in [4.78, 5) is 22.7. The number of carboxylic acids is 1. The lowest BCUT2D eigenvalue weighted by atomic mass is 9.79. The number of aliphatic carboxylic acids is 1. The number of carbonyl (C=O) groups excluding carboxylic acids is 1. The number of carbonyl (C=O) groups is 2. The van der Waals surface area contributed by atoms with Gasteiger partial charge in [0.25, 0.3) is 0 Å². The van der Waals surface area contributed by atoms with E-state index in [2.05, 4.69) is 5.32 Å². The number of nitrogens with one attached hydrogen (secondary N) is 1. The van der Waals surface area contributed by atoms with Crippen LogP contribution in [0.4, 0.5) is 0 Å². The molecular weight excluding hydrogens is 313 g/mol. The summed E-state index contributed by atoms with van der Waals surface area (Å²) >= 11 is 0. The van der Waals surface area contributed by atoms with Gasteiger partial charge in [0.15, 0.2) is 0 Å². The first-order valence-corrected chi connectivity index (χ1v) is 7.57. The summed E-state index contributed by atoms with van der Waals surface area (Å²) < 4.78 is 5.26. The van der Waals surface area contributed by atoms with Crippen molar-refractivity contribution in [2.24, 2.45) is 0 Å². The van der Waals surface area contributed by atoms with Gasteiger partial charge in [0.1, 0.15) is 5.75 Å². The van der Waals surface area contributed by atoms with Crippen LogP contribution in [-0.4, -0.2) is 46.3 Å².